The van der Waals surface area contributed by atoms with Gasteiger partial charge in [0.1, 0.15) is 5.82 Å². The first-order valence-electron chi connectivity index (χ1n) is 8.29. The Morgan fingerprint density at radius 1 is 1.25 bits per heavy atom. The summed E-state index contributed by atoms with van der Waals surface area (Å²) in [6.45, 7) is 0. The highest BCUT2D eigenvalue weighted by atomic mass is 35.5. The highest BCUT2D eigenvalue weighted by Gasteiger charge is 2.21. The molecular formula is C18H16ClFN2O4S2. The molecule has 3 rings (SSSR count). The maximum absolute atomic E-state index is 13.7. The molecule has 0 aliphatic carbocycles. The number of carbonyl (C=O) groups is 2. The number of thioether (sulfide) groups is 1. The summed E-state index contributed by atoms with van der Waals surface area (Å²) in [5, 5.41) is 5.20. The maximum Gasteiger partial charge on any atom is 0.225 e. The fourth-order valence-corrected chi connectivity index (χ4v) is 4.90. The molecule has 0 radical (unpaired) electrons. The van der Waals surface area contributed by atoms with E-state index in [1.54, 1.807) is 6.07 Å². The van der Waals surface area contributed by atoms with Crippen molar-refractivity contribution in [1.82, 2.24) is 0 Å². The van der Waals surface area contributed by atoms with E-state index < -0.39 is 27.3 Å². The maximum atomic E-state index is 13.7. The van der Waals surface area contributed by atoms with Gasteiger partial charge in [0.25, 0.3) is 0 Å². The molecule has 10 heteroatoms. The summed E-state index contributed by atoms with van der Waals surface area (Å²) in [7, 11) is -3.76. The third-order valence-electron chi connectivity index (χ3n) is 3.97. The van der Waals surface area contributed by atoms with Gasteiger partial charge in [0.2, 0.25) is 11.8 Å². The van der Waals surface area contributed by atoms with Gasteiger partial charge in [-0.2, -0.15) is 0 Å². The number of halogens is 2. The van der Waals surface area contributed by atoms with E-state index in [0.29, 0.717) is 17.9 Å². The van der Waals surface area contributed by atoms with Crippen LogP contribution in [0.1, 0.15) is 12.8 Å². The molecule has 0 unspecified atom stereocenters. The Bertz CT molecular complexity index is 1040. The first-order valence-corrected chi connectivity index (χ1v) is 11.3. The van der Waals surface area contributed by atoms with Gasteiger partial charge in [-0.1, -0.05) is 11.6 Å². The second-order valence-corrected chi connectivity index (χ2v) is 9.73. The van der Waals surface area contributed by atoms with E-state index >= 15 is 0 Å². The second kappa shape index (κ2) is 8.50. The molecule has 2 amide bonds. The highest BCUT2D eigenvalue weighted by molar-refractivity contribution is 7.99. The van der Waals surface area contributed by atoms with Gasteiger partial charge in [0, 0.05) is 28.5 Å². The molecule has 148 valence electrons. The molecule has 0 fully saturated rings. The number of carbonyl (C=O) groups excluding carboxylic acids is 2. The Labute approximate surface area is 170 Å². The summed E-state index contributed by atoms with van der Waals surface area (Å²) in [6.07, 6.45) is 0.00541. The van der Waals surface area contributed by atoms with Gasteiger partial charge in [0.15, 0.2) is 9.84 Å². The van der Waals surface area contributed by atoms with Crippen LogP contribution in [-0.2, 0) is 19.4 Å². The zero-order valence-electron chi connectivity index (χ0n) is 14.5. The molecule has 28 heavy (non-hydrogen) atoms. The van der Waals surface area contributed by atoms with Crippen LogP contribution in [0.15, 0.2) is 46.2 Å². The number of benzene rings is 2. The predicted molar refractivity (Wildman–Crippen MR) is 107 cm³/mol. The Kier molecular flexibility index (Phi) is 6.26. The van der Waals surface area contributed by atoms with Crippen LogP contribution in [-0.4, -0.2) is 31.7 Å². The minimum Gasteiger partial charge on any atom is -0.325 e. The SMILES string of the molecule is O=C(CCS(=O)(=O)c1ccc2c(c1)NC(=O)CCS2)Nc1ccc(Cl)cc1F. The topological polar surface area (TPSA) is 92.3 Å². The van der Waals surface area contributed by atoms with Crippen LogP contribution in [0, 0.1) is 5.82 Å². The fourth-order valence-electron chi connectivity index (χ4n) is 2.54. The minimum atomic E-state index is -3.76. The van der Waals surface area contributed by atoms with E-state index in [2.05, 4.69) is 10.6 Å². The van der Waals surface area contributed by atoms with Crippen LogP contribution >= 0.6 is 23.4 Å². The Hall–Kier alpha value is -2.10. The fraction of sp³-hybridized carbons (Fsp3) is 0.222. The molecule has 1 heterocycles. The lowest BCUT2D eigenvalue weighted by molar-refractivity contribution is -0.116. The number of sulfone groups is 1. The average molecular weight is 443 g/mol. The molecule has 0 spiro atoms. The number of hydrogen-bond acceptors (Lipinski definition) is 5. The van der Waals surface area contributed by atoms with Crippen LogP contribution in [0.3, 0.4) is 0 Å². The van der Waals surface area contributed by atoms with Crippen LogP contribution in [0.4, 0.5) is 15.8 Å². The monoisotopic (exact) mass is 442 g/mol. The van der Waals surface area contributed by atoms with Crippen molar-refractivity contribution in [3.63, 3.8) is 0 Å². The smallest absolute Gasteiger partial charge is 0.225 e. The molecule has 6 nitrogen and oxygen atoms in total. The van der Waals surface area contributed by atoms with Crippen molar-refractivity contribution < 1.29 is 22.4 Å². The van der Waals surface area contributed by atoms with Gasteiger partial charge in [-0.15, -0.1) is 11.8 Å². The molecule has 1 aliphatic heterocycles. The van der Waals surface area contributed by atoms with Gasteiger partial charge in [0.05, 0.1) is 22.0 Å². The number of nitrogens with one attached hydrogen (secondary N) is 2. The van der Waals surface area contributed by atoms with Crippen molar-refractivity contribution in [2.75, 3.05) is 22.1 Å². The van der Waals surface area contributed by atoms with Gasteiger partial charge in [-0.05, 0) is 36.4 Å². The predicted octanol–water partition coefficient (Wildman–Crippen LogP) is 3.72. The third kappa shape index (κ3) is 5.03. The summed E-state index contributed by atoms with van der Waals surface area (Å²) in [6, 6.07) is 8.26. The van der Waals surface area contributed by atoms with Crippen molar-refractivity contribution in [2.24, 2.45) is 0 Å². The van der Waals surface area contributed by atoms with Crippen molar-refractivity contribution >= 4 is 56.4 Å². The molecule has 0 bridgehead atoms. The first kappa shape index (κ1) is 20.6. The number of rotatable bonds is 5. The largest absolute Gasteiger partial charge is 0.325 e. The van der Waals surface area contributed by atoms with Gasteiger partial charge in [-0.25, -0.2) is 12.8 Å². The Morgan fingerprint density at radius 2 is 2.04 bits per heavy atom. The lowest BCUT2D eigenvalue weighted by Crippen LogP contribution is -2.18. The van der Waals surface area contributed by atoms with Gasteiger partial charge in [-0.3, -0.25) is 9.59 Å². The molecular weight excluding hydrogens is 427 g/mol. The quantitative estimate of drug-likeness (QED) is 0.736. The third-order valence-corrected chi connectivity index (χ3v) is 7.00. The number of anilines is 2. The molecule has 2 aromatic rings. The van der Waals surface area contributed by atoms with Crippen LogP contribution in [0.25, 0.3) is 0 Å². The van der Waals surface area contributed by atoms with Crippen molar-refractivity contribution in [3.05, 3.63) is 47.2 Å². The number of amides is 2. The molecule has 2 N–H and O–H groups in total. The summed E-state index contributed by atoms with van der Waals surface area (Å²) in [5.41, 5.74) is 0.373. The Balaban J connectivity index is 1.68. The molecule has 0 aromatic heterocycles. The van der Waals surface area contributed by atoms with E-state index in [1.165, 1.54) is 36.0 Å². The first-order chi connectivity index (χ1) is 13.2. The van der Waals surface area contributed by atoms with E-state index in [1.807, 2.05) is 0 Å². The standard InChI is InChI=1S/C18H16ClFN2O4S2/c19-11-1-3-14(13(20)9-11)21-18(24)6-8-28(25,26)12-2-4-16-15(10-12)22-17(23)5-7-27-16/h1-4,9-10H,5-8H2,(H,21,24)(H,22,23). The van der Waals surface area contributed by atoms with Crippen molar-refractivity contribution in [1.29, 1.82) is 0 Å². The lowest BCUT2D eigenvalue weighted by Gasteiger charge is -2.10. The summed E-state index contributed by atoms with van der Waals surface area (Å²) >= 11 is 7.12. The molecule has 0 atom stereocenters. The summed E-state index contributed by atoms with van der Waals surface area (Å²) in [4.78, 5) is 24.5. The van der Waals surface area contributed by atoms with Crippen LogP contribution in [0.2, 0.25) is 5.02 Å². The number of hydrogen-bond donors (Lipinski definition) is 2. The molecule has 1 aliphatic rings. The molecule has 2 aromatic carbocycles. The van der Waals surface area contributed by atoms with E-state index in [0.717, 1.165) is 11.0 Å². The van der Waals surface area contributed by atoms with Crippen LogP contribution in [0.5, 0.6) is 0 Å². The minimum absolute atomic E-state index is 0.0134. The molecule has 0 saturated carbocycles. The van der Waals surface area contributed by atoms with Gasteiger partial charge >= 0.3 is 0 Å². The zero-order valence-corrected chi connectivity index (χ0v) is 16.9. The summed E-state index contributed by atoms with van der Waals surface area (Å²) < 4.78 is 38.8. The van der Waals surface area contributed by atoms with Crippen molar-refractivity contribution in [3.8, 4) is 0 Å². The van der Waals surface area contributed by atoms with E-state index in [-0.39, 0.29) is 27.9 Å². The van der Waals surface area contributed by atoms with Gasteiger partial charge < -0.3 is 10.6 Å². The normalized spacial score (nSPS) is 14.0. The summed E-state index contributed by atoms with van der Waals surface area (Å²) in [5.74, 6) is -1.35. The van der Waals surface area contributed by atoms with Crippen molar-refractivity contribution in [2.45, 2.75) is 22.6 Å². The van der Waals surface area contributed by atoms with Crippen LogP contribution < -0.4 is 10.6 Å². The van der Waals surface area contributed by atoms with E-state index in [9.17, 15) is 22.4 Å². The zero-order chi connectivity index (χ0) is 20.3. The average Bonchev–Trinajstić information content (AvgIpc) is 2.82. The van der Waals surface area contributed by atoms with E-state index in [4.69, 9.17) is 11.6 Å². The Morgan fingerprint density at radius 3 is 2.79 bits per heavy atom. The second-order valence-electron chi connectivity index (χ2n) is 6.05. The number of fused-ring (bicyclic) bond motifs is 1. The highest BCUT2D eigenvalue weighted by Crippen LogP contribution is 2.33. The molecule has 0 saturated heterocycles. The lowest BCUT2D eigenvalue weighted by atomic mass is 10.3.